The fourth-order valence-corrected chi connectivity index (χ4v) is 3.98. The Morgan fingerprint density at radius 1 is 1.21 bits per heavy atom. The van der Waals surface area contributed by atoms with Crippen LogP contribution in [0.1, 0.15) is 32.2 Å². The second-order valence-electron chi connectivity index (χ2n) is 8.41. The highest BCUT2D eigenvalue weighted by atomic mass is 16.1. The van der Waals surface area contributed by atoms with Gasteiger partial charge >= 0.3 is 0 Å². The number of nitrogens with zero attached hydrogens (tertiary/aromatic N) is 6. The zero-order valence-electron chi connectivity index (χ0n) is 19.7. The number of aryl methyl sites for hydroxylation is 1. The van der Waals surface area contributed by atoms with Gasteiger partial charge in [0.1, 0.15) is 11.0 Å². The van der Waals surface area contributed by atoms with Crippen molar-refractivity contribution in [2.45, 2.75) is 52.9 Å². The molecule has 170 valence electrons. The largest absolute Gasteiger partial charge is 0.341 e. The van der Waals surface area contributed by atoms with Gasteiger partial charge in [0.2, 0.25) is 5.95 Å². The number of hydrogen-bond acceptors (Lipinski definition) is 6. The van der Waals surface area contributed by atoms with Crippen molar-refractivity contribution < 1.29 is 0 Å². The van der Waals surface area contributed by atoms with Crippen LogP contribution in [0.3, 0.4) is 0 Å². The summed E-state index contributed by atoms with van der Waals surface area (Å²) in [6.45, 7) is 8.34. The van der Waals surface area contributed by atoms with Crippen molar-refractivity contribution in [3.63, 3.8) is 0 Å². The van der Waals surface area contributed by atoms with Gasteiger partial charge in [0.15, 0.2) is 0 Å². The predicted molar refractivity (Wildman–Crippen MR) is 132 cm³/mol. The molecule has 2 unspecified atom stereocenters. The molecular formula is C25H29N7O. The van der Waals surface area contributed by atoms with Gasteiger partial charge in [-0.1, -0.05) is 30.2 Å². The molecule has 2 atom stereocenters. The lowest BCUT2D eigenvalue weighted by Crippen LogP contribution is -2.43. The number of nitrogens with two attached hydrogens (primary N) is 1. The Labute approximate surface area is 193 Å². The maximum absolute atomic E-state index is 13.6. The Morgan fingerprint density at radius 2 is 1.97 bits per heavy atom. The van der Waals surface area contributed by atoms with Gasteiger partial charge in [0, 0.05) is 30.2 Å². The maximum Gasteiger partial charge on any atom is 0.293 e. The molecule has 0 fully saturated rings. The third-order valence-corrected chi connectivity index (χ3v) is 6.08. The summed E-state index contributed by atoms with van der Waals surface area (Å²) in [6.07, 6.45) is 1.64. The maximum atomic E-state index is 13.6. The summed E-state index contributed by atoms with van der Waals surface area (Å²) in [6, 6.07) is 10.0. The first-order valence-electron chi connectivity index (χ1n) is 11.0. The summed E-state index contributed by atoms with van der Waals surface area (Å²) in [5.41, 5.74) is 8.62. The van der Waals surface area contributed by atoms with E-state index in [4.69, 9.17) is 15.7 Å². The summed E-state index contributed by atoms with van der Waals surface area (Å²) < 4.78 is 3.31. The molecule has 1 aromatic carbocycles. The molecule has 0 saturated heterocycles. The number of pyridine rings is 1. The van der Waals surface area contributed by atoms with Crippen molar-refractivity contribution in [2.75, 3.05) is 11.9 Å². The van der Waals surface area contributed by atoms with E-state index in [9.17, 15) is 4.79 Å². The van der Waals surface area contributed by atoms with Gasteiger partial charge in [-0.25, -0.2) is 9.67 Å². The zero-order chi connectivity index (χ0) is 23.7. The molecule has 0 spiro atoms. The van der Waals surface area contributed by atoms with Gasteiger partial charge < -0.3 is 10.6 Å². The summed E-state index contributed by atoms with van der Waals surface area (Å²) in [5.74, 6) is 6.63. The van der Waals surface area contributed by atoms with Crippen LogP contribution in [0.25, 0.3) is 21.8 Å². The molecule has 0 bridgehead atoms. The van der Waals surface area contributed by atoms with Gasteiger partial charge in [0.25, 0.3) is 5.56 Å². The van der Waals surface area contributed by atoms with Crippen LogP contribution in [0.15, 0.2) is 41.3 Å². The van der Waals surface area contributed by atoms with E-state index in [1.165, 1.54) is 4.68 Å². The number of rotatable bonds is 6. The number of likely N-dealkylation sites (N-methyl/N-ethyl adjacent to an activating group) is 1. The van der Waals surface area contributed by atoms with E-state index >= 15 is 0 Å². The van der Waals surface area contributed by atoms with Crippen LogP contribution >= 0.6 is 0 Å². The third-order valence-electron chi connectivity index (χ3n) is 6.08. The van der Waals surface area contributed by atoms with Crippen molar-refractivity contribution in [1.82, 2.24) is 24.3 Å². The number of aromatic nitrogens is 5. The van der Waals surface area contributed by atoms with Crippen molar-refractivity contribution in [3.05, 3.63) is 58.3 Å². The minimum Gasteiger partial charge on any atom is -0.341 e. The third kappa shape index (κ3) is 4.20. The van der Waals surface area contributed by atoms with Crippen LogP contribution in [-0.2, 0) is 13.1 Å². The summed E-state index contributed by atoms with van der Waals surface area (Å²) >= 11 is 0. The standard InChI is InChI=1S/C25H29N7O/c1-6-7-12-31-23-21(29-25(31)30(5)18(4)17(3)26)14-27-32(24(23)33)15-22-20-11-9-8-10-19(20)13-16(2)28-22/h8-11,13-14,17-18H,12,15,26H2,1-5H3. The van der Waals surface area contributed by atoms with Gasteiger partial charge in [-0.3, -0.25) is 14.3 Å². The van der Waals surface area contributed by atoms with Crippen LogP contribution < -0.4 is 16.2 Å². The summed E-state index contributed by atoms with van der Waals surface area (Å²) in [5, 5.41) is 6.52. The van der Waals surface area contributed by atoms with E-state index in [0.29, 0.717) is 23.5 Å². The molecule has 33 heavy (non-hydrogen) atoms. The Balaban J connectivity index is 1.87. The van der Waals surface area contributed by atoms with Crippen molar-refractivity contribution in [2.24, 2.45) is 5.73 Å². The topological polar surface area (TPSA) is 94.9 Å². The first-order valence-corrected chi connectivity index (χ1v) is 11.0. The Hall–Kier alpha value is -3.70. The normalized spacial score (nSPS) is 13.0. The van der Waals surface area contributed by atoms with Crippen molar-refractivity contribution in [1.29, 1.82) is 0 Å². The molecule has 3 aromatic heterocycles. The average Bonchev–Trinajstić information content (AvgIpc) is 3.17. The van der Waals surface area contributed by atoms with Gasteiger partial charge in [-0.05, 0) is 39.1 Å². The van der Waals surface area contributed by atoms with Crippen molar-refractivity contribution >= 4 is 27.8 Å². The quantitative estimate of drug-likeness (QED) is 0.461. The van der Waals surface area contributed by atoms with Crippen LogP contribution in [0.4, 0.5) is 5.95 Å². The molecule has 0 saturated carbocycles. The molecule has 3 heterocycles. The monoisotopic (exact) mass is 443 g/mol. The van der Waals surface area contributed by atoms with E-state index in [1.54, 1.807) is 13.1 Å². The number of benzene rings is 1. The van der Waals surface area contributed by atoms with Crippen molar-refractivity contribution in [3.8, 4) is 11.8 Å². The first kappa shape index (κ1) is 22.5. The fourth-order valence-electron chi connectivity index (χ4n) is 3.98. The predicted octanol–water partition coefficient (Wildman–Crippen LogP) is 2.69. The number of anilines is 1. The highest BCUT2D eigenvalue weighted by Gasteiger charge is 2.23. The number of imidazole rings is 1. The number of hydrogen-bond donors (Lipinski definition) is 1. The number of fused-ring (bicyclic) bond motifs is 2. The highest BCUT2D eigenvalue weighted by molar-refractivity contribution is 5.85. The molecular weight excluding hydrogens is 414 g/mol. The van der Waals surface area contributed by atoms with Gasteiger partial charge in [-0.2, -0.15) is 5.10 Å². The van der Waals surface area contributed by atoms with Crippen LogP contribution in [-0.4, -0.2) is 43.4 Å². The first-order chi connectivity index (χ1) is 15.8. The Kier molecular flexibility index (Phi) is 6.16. The van der Waals surface area contributed by atoms with E-state index in [1.807, 2.05) is 67.6 Å². The van der Waals surface area contributed by atoms with Crippen LogP contribution in [0.2, 0.25) is 0 Å². The fraction of sp³-hybridized carbons (Fsp3) is 0.360. The summed E-state index contributed by atoms with van der Waals surface area (Å²) in [4.78, 5) is 25.0. The smallest absolute Gasteiger partial charge is 0.293 e. The van der Waals surface area contributed by atoms with E-state index < -0.39 is 0 Å². The summed E-state index contributed by atoms with van der Waals surface area (Å²) in [7, 11) is 1.93. The molecule has 0 amide bonds. The molecule has 4 aromatic rings. The lowest BCUT2D eigenvalue weighted by molar-refractivity contribution is 0.558. The molecule has 0 aliphatic rings. The minimum atomic E-state index is -0.224. The van der Waals surface area contributed by atoms with Crippen LogP contribution in [0, 0.1) is 18.8 Å². The highest BCUT2D eigenvalue weighted by Crippen LogP contribution is 2.22. The van der Waals surface area contributed by atoms with Crippen LogP contribution in [0.5, 0.6) is 0 Å². The molecule has 0 radical (unpaired) electrons. The van der Waals surface area contributed by atoms with Gasteiger partial charge in [0.05, 0.1) is 25.0 Å². The molecule has 8 heteroatoms. The molecule has 4 rings (SSSR count). The minimum absolute atomic E-state index is 0.0215. The second-order valence-corrected chi connectivity index (χ2v) is 8.41. The van der Waals surface area contributed by atoms with E-state index in [-0.39, 0.29) is 24.2 Å². The average molecular weight is 444 g/mol. The van der Waals surface area contributed by atoms with E-state index in [0.717, 1.165) is 22.2 Å². The second kappa shape index (κ2) is 9.04. The lowest BCUT2D eigenvalue weighted by Gasteiger charge is -2.28. The molecule has 0 aliphatic carbocycles. The van der Waals surface area contributed by atoms with E-state index in [2.05, 4.69) is 16.9 Å². The molecule has 0 aliphatic heterocycles. The molecule has 8 nitrogen and oxygen atoms in total. The molecule has 2 N–H and O–H groups in total. The zero-order valence-corrected chi connectivity index (χ0v) is 19.7. The Bertz CT molecular complexity index is 1440. The van der Waals surface area contributed by atoms with Gasteiger partial charge in [-0.15, -0.1) is 5.92 Å². The Morgan fingerprint density at radius 3 is 2.70 bits per heavy atom. The SMILES string of the molecule is CC#CCn1c(N(C)C(C)C(C)N)nc2cnn(Cc3nc(C)cc4ccccc34)c(=O)c21. The lowest BCUT2D eigenvalue weighted by atomic mass is 10.1.